The zero-order valence-electron chi connectivity index (χ0n) is 19.6. The number of benzene rings is 3. The van der Waals surface area contributed by atoms with Crippen LogP contribution in [0.3, 0.4) is 0 Å². The van der Waals surface area contributed by atoms with E-state index in [0.29, 0.717) is 22.7 Å². The number of aryl methyl sites for hydroxylation is 1. The van der Waals surface area contributed by atoms with Crippen LogP contribution < -0.4 is 19.7 Å². The topological polar surface area (TPSA) is 102 Å². The second-order valence-electron chi connectivity index (χ2n) is 8.21. The number of carbonyl (C=O) groups is 2. The van der Waals surface area contributed by atoms with Crippen molar-refractivity contribution in [1.82, 2.24) is 0 Å². The highest BCUT2D eigenvalue weighted by atomic mass is 32.2. The average molecular weight is 495 g/mol. The number of sulfone groups is 1. The third kappa shape index (κ3) is 4.85. The molecule has 2 amide bonds. The van der Waals surface area contributed by atoms with Crippen molar-refractivity contribution in [2.75, 3.05) is 31.0 Å². The SMILES string of the molecule is COc1ccc([C@@H]2CC(=O)N(CC(=O)Nc3ccc(C)cc3)c3ccccc3S2(=O)=O)cc1OC. The molecule has 0 aliphatic carbocycles. The zero-order chi connectivity index (χ0) is 25.2. The number of fused-ring (bicyclic) bond motifs is 1. The Morgan fingerprint density at radius 1 is 1.00 bits per heavy atom. The molecular weight excluding hydrogens is 468 g/mol. The van der Waals surface area contributed by atoms with Gasteiger partial charge in [-0.2, -0.15) is 0 Å². The number of rotatable bonds is 6. The summed E-state index contributed by atoms with van der Waals surface area (Å²) in [6, 6.07) is 18.3. The molecule has 1 N–H and O–H groups in total. The van der Waals surface area contributed by atoms with Gasteiger partial charge in [0.1, 0.15) is 6.54 Å². The third-order valence-electron chi connectivity index (χ3n) is 5.91. The van der Waals surface area contributed by atoms with Crippen molar-refractivity contribution < 1.29 is 27.5 Å². The molecular formula is C26H26N2O6S. The predicted molar refractivity (Wildman–Crippen MR) is 133 cm³/mol. The smallest absolute Gasteiger partial charge is 0.244 e. The van der Waals surface area contributed by atoms with Crippen LogP contribution in [0.1, 0.15) is 22.8 Å². The van der Waals surface area contributed by atoms with Gasteiger partial charge in [0.25, 0.3) is 0 Å². The first-order chi connectivity index (χ1) is 16.7. The van der Waals surface area contributed by atoms with E-state index in [4.69, 9.17) is 9.47 Å². The summed E-state index contributed by atoms with van der Waals surface area (Å²) >= 11 is 0. The van der Waals surface area contributed by atoms with E-state index in [1.807, 2.05) is 19.1 Å². The summed E-state index contributed by atoms with van der Waals surface area (Å²) in [5, 5.41) is 1.62. The van der Waals surface area contributed by atoms with Gasteiger partial charge in [0.15, 0.2) is 21.3 Å². The maximum absolute atomic E-state index is 13.7. The van der Waals surface area contributed by atoms with Crippen LogP contribution >= 0.6 is 0 Å². The third-order valence-corrected chi connectivity index (χ3v) is 8.06. The Morgan fingerprint density at radius 3 is 2.37 bits per heavy atom. The quantitative estimate of drug-likeness (QED) is 0.558. The summed E-state index contributed by atoms with van der Waals surface area (Å²) in [6.45, 7) is 1.62. The number of ether oxygens (including phenoxy) is 2. The fraction of sp³-hybridized carbons (Fsp3) is 0.231. The largest absolute Gasteiger partial charge is 0.493 e. The van der Waals surface area contributed by atoms with Crippen LogP contribution in [-0.2, 0) is 19.4 Å². The van der Waals surface area contributed by atoms with Gasteiger partial charge in [-0.25, -0.2) is 8.42 Å². The molecule has 1 aliphatic rings. The Hall–Kier alpha value is -3.85. The minimum absolute atomic E-state index is 0.00577. The van der Waals surface area contributed by atoms with Crippen LogP contribution in [0.5, 0.6) is 11.5 Å². The highest BCUT2D eigenvalue weighted by Gasteiger charge is 2.40. The number of hydrogen-bond acceptors (Lipinski definition) is 6. The normalized spacial score (nSPS) is 16.7. The molecule has 1 atom stereocenters. The van der Waals surface area contributed by atoms with Gasteiger partial charge in [-0.3, -0.25) is 9.59 Å². The van der Waals surface area contributed by atoms with E-state index in [-0.39, 0.29) is 23.5 Å². The summed E-state index contributed by atoms with van der Waals surface area (Å²) in [6.07, 6.45) is -0.329. The van der Waals surface area contributed by atoms with E-state index in [0.717, 1.165) is 5.56 Å². The highest BCUT2D eigenvalue weighted by Crippen LogP contribution is 2.42. The minimum Gasteiger partial charge on any atom is -0.493 e. The van der Waals surface area contributed by atoms with Crippen LogP contribution in [-0.4, -0.2) is 41.0 Å². The molecule has 1 aliphatic heterocycles. The first-order valence-corrected chi connectivity index (χ1v) is 12.5. The number of amides is 2. The Kier molecular flexibility index (Phi) is 6.79. The molecule has 1 heterocycles. The lowest BCUT2D eigenvalue weighted by atomic mass is 10.1. The fourth-order valence-corrected chi connectivity index (χ4v) is 6.00. The molecule has 0 unspecified atom stereocenters. The number of anilines is 2. The number of nitrogens with zero attached hydrogens (tertiary/aromatic N) is 1. The first-order valence-electron chi connectivity index (χ1n) is 11.0. The second kappa shape index (κ2) is 9.79. The Morgan fingerprint density at radius 2 is 1.69 bits per heavy atom. The monoisotopic (exact) mass is 494 g/mol. The van der Waals surface area contributed by atoms with Crippen molar-refractivity contribution in [3.05, 3.63) is 77.9 Å². The Balaban J connectivity index is 1.70. The number of methoxy groups -OCH3 is 2. The lowest BCUT2D eigenvalue weighted by molar-refractivity contribution is -0.121. The summed E-state index contributed by atoms with van der Waals surface area (Å²) < 4.78 is 38.0. The predicted octanol–water partition coefficient (Wildman–Crippen LogP) is 3.90. The lowest BCUT2D eigenvalue weighted by Gasteiger charge is -2.22. The molecule has 0 spiro atoms. The van der Waals surface area contributed by atoms with E-state index in [9.17, 15) is 18.0 Å². The maximum Gasteiger partial charge on any atom is 0.244 e. The van der Waals surface area contributed by atoms with Crippen molar-refractivity contribution in [2.45, 2.75) is 23.5 Å². The van der Waals surface area contributed by atoms with Crippen LogP contribution in [0.4, 0.5) is 11.4 Å². The Labute approximate surface area is 204 Å². The Bertz CT molecular complexity index is 1370. The van der Waals surface area contributed by atoms with Crippen molar-refractivity contribution in [3.8, 4) is 11.5 Å². The minimum atomic E-state index is -3.97. The number of carbonyl (C=O) groups excluding carboxylic acids is 2. The molecule has 9 heteroatoms. The van der Waals surface area contributed by atoms with Crippen LogP contribution in [0.25, 0.3) is 0 Å². The van der Waals surface area contributed by atoms with Gasteiger partial charge >= 0.3 is 0 Å². The second-order valence-corrected chi connectivity index (χ2v) is 10.3. The molecule has 35 heavy (non-hydrogen) atoms. The molecule has 0 saturated heterocycles. The van der Waals surface area contributed by atoms with E-state index in [1.165, 1.54) is 25.2 Å². The molecule has 3 aromatic rings. The van der Waals surface area contributed by atoms with Gasteiger partial charge in [-0.1, -0.05) is 35.9 Å². The van der Waals surface area contributed by atoms with Gasteiger partial charge in [0.2, 0.25) is 11.8 Å². The van der Waals surface area contributed by atoms with Crippen LogP contribution in [0, 0.1) is 6.92 Å². The summed E-state index contributed by atoms with van der Waals surface area (Å²) in [5.41, 5.74) is 2.22. The van der Waals surface area contributed by atoms with Gasteiger partial charge in [0, 0.05) is 12.1 Å². The first kappa shape index (κ1) is 24.3. The highest BCUT2D eigenvalue weighted by molar-refractivity contribution is 7.92. The van der Waals surface area contributed by atoms with Crippen molar-refractivity contribution >= 4 is 33.0 Å². The summed E-state index contributed by atoms with van der Waals surface area (Å²) in [5.74, 6) is -0.0979. The molecule has 4 rings (SSSR count). The average Bonchev–Trinajstić information content (AvgIpc) is 2.93. The molecule has 0 aromatic heterocycles. The van der Waals surface area contributed by atoms with Crippen molar-refractivity contribution in [1.29, 1.82) is 0 Å². The number of hydrogen-bond donors (Lipinski definition) is 1. The van der Waals surface area contributed by atoms with Gasteiger partial charge in [-0.05, 0) is 48.9 Å². The maximum atomic E-state index is 13.7. The summed E-state index contributed by atoms with van der Waals surface area (Å²) in [4.78, 5) is 27.4. The standard InChI is InChI=1S/C26H26N2O6S/c1-17-8-11-19(12-9-17)27-25(29)16-28-20-6-4-5-7-23(20)35(31,32)24(15-26(28)30)18-10-13-21(33-2)22(14-18)34-3/h4-14,24H,15-16H2,1-3H3,(H,27,29)/t24-/m0/s1. The van der Waals surface area contributed by atoms with E-state index in [2.05, 4.69) is 5.32 Å². The lowest BCUT2D eigenvalue weighted by Crippen LogP contribution is -2.38. The van der Waals surface area contributed by atoms with Gasteiger partial charge in [0.05, 0.1) is 30.1 Å². The van der Waals surface area contributed by atoms with E-state index < -0.39 is 26.9 Å². The van der Waals surface area contributed by atoms with Crippen LogP contribution in [0.15, 0.2) is 71.6 Å². The van der Waals surface area contributed by atoms with E-state index >= 15 is 0 Å². The van der Waals surface area contributed by atoms with Crippen molar-refractivity contribution in [3.63, 3.8) is 0 Å². The molecule has 182 valence electrons. The molecule has 0 fully saturated rings. The zero-order valence-corrected chi connectivity index (χ0v) is 20.5. The number of nitrogens with one attached hydrogen (secondary N) is 1. The molecule has 8 nitrogen and oxygen atoms in total. The van der Waals surface area contributed by atoms with Crippen LogP contribution in [0.2, 0.25) is 0 Å². The number of para-hydroxylation sites is 1. The van der Waals surface area contributed by atoms with Crippen molar-refractivity contribution in [2.24, 2.45) is 0 Å². The van der Waals surface area contributed by atoms with Gasteiger partial charge in [-0.15, -0.1) is 0 Å². The molecule has 0 saturated carbocycles. The molecule has 0 bridgehead atoms. The molecule has 3 aromatic carbocycles. The fourth-order valence-electron chi connectivity index (χ4n) is 4.09. The van der Waals surface area contributed by atoms with E-state index in [1.54, 1.807) is 48.5 Å². The molecule has 0 radical (unpaired) electrons. The summed E-state index contributed by atoms with van der Waals surface area (Å²) in [7, 11) is -1.03. The van der Waals surface area contributed by atoms with Gasteiger partial charge < -0.3 is 19.7 Å².